The molecule has 0 spiro atoms. The van der Waals surface area contributed by atoms with Crippen molar-refractivity contribution in [1.29, 1.82) is 0 Å². The van der Waals surface area contributed by atoms with Crippen LogP contribution in [-0.2, 0) is 11.8 Å². The first-order valence-corrected chi connectivity index (χ1v) is 23.3. The molecule has 0 unspecified atom stereocenters. The van der Waals surface area contributed by atoms with Gasteiger partial charge in [-0.05, 0) is 105 Å². The van der Waals surface area contributed by atoms with Crippen LogP contribution in [-0.4, -0.2) is 14.1 Å². The zero-order valence-corrected chi connectivity index (χ0v) is 38.6. The van der Waals surface area contributed by atoms with E-state index in [-0.39, 0.29) is 5.41 Å². The summed E-state index contributed by atoms with van der Waals surface area (Å²) in [5, 5.41) is 2.35. The highest BCUT2D eigenvalue weighted by Crippen LogP contribution is 2.39. The number of hydrogen-bond donors (Lipinski definition) is 0. The van der Waals surface area contributed by atoms with Crippen LogP contribution in [0.2, 0.25) is 0 Å². The summed E-state index contributed by atoms with van der Waals surface area (Å²) in [6, 6.07) is 70.9. The predicted octanol–water partition coefficient (Wildman–Crippen LogP) is 15.5. The second-order valence-corrected chi connectivity index (χ2v) is 19.0. The van der Waals surface area contributed by atoms with Crippen LogP contribution in [0.1, 0.15) is 45.7 Å². The van der Waals surface area contributed by atoms with Crippen molar-refractivity contribution in [1.82, 2.24) is 14.1 Å². The monoisotopic (exact) mass is 868 g/mol. The Morgan fingerprint density at radius 3 is 1.85 bits per heavy atom. The van der Waals surface area contributed by atoms with E-state index in [4.69, 9.17) is 9.72 Å². The Balaban J connectivity index is 1.03. The number of aromatic nitrogens is 4. The summed E-state index contributed by atoms with van der Waals surface area (Å²) in [5.41, 5.74) is 15.7. The first kappa shape index (κ1) is 41.7. The molecule has 0 aliphatic heterocycles. The number of benzene rings is 8. The Bertz CT molecular complexity index is 3520. The number of para-hydroxylation sites is 3. The molecule has 67 heavy (non-hydrogen) atoms. The molecule has 326 valence electrons. The minimum absolute atomic E-state index is 0.00605. The van der Waals surface area contributed by atoms with E-state index in [2.05, 4.69) is 255 Å². The third kappa shape index (κ3) is 7.87. The van der Waals surface area contributed by atoms with Crippen molar-refractivity contribution in [2.75, 3.05) is 0 Å². The van der Waals surface area contributed by atoms with E-state index in [1.807, 2.05) is 6.07 Å². The fraction of sp³-hybridized carbons (Fsp3) is 0.129. The van der Waals surface area contributed by atoms with E-state index in [0.29, 0.717) is 5.92 Å². The van der Waals surface area contributed by atoms with Gasteiger partial charge in [-0.25, -0.2) is 4.98 Å². The van der Waals surface area contributed by atoms with Crippen molar-refractivity contribution in [3.8, 4) is 62.1 Å². The zero-order valence-electron chi connectivity index (χ0n) is 38.6. The lowest BCUT2D eigenvalue weighted by molar-refractivity contribution is -0.571. The lowest BCUT2D eigenvalue weighted by atomic mass is 9.86. The van der Waals surface area contributed by atoms with E-state index in [1.54, 1.807) is 0 Å². The van der Waals surface area contributed by atoms with Gasteiger partial charge < -0.3 is 4.74 Å². The minimum atomic E-state index is -0.00605. The SMILES string of the molecule is CC(C)Cc1cc(-n2c3ccc(C(C)(C)C)cc3c3ccc(Oc4cccc(-n5[c-][n+](-c6c(-c7ccccc7)cccc6-c6ccccc6)c6ccccc65)c4)cc32)ncc1-c1ccccc1. The molecule has 0 amide bonds. The molecule has 0 aliphatic rings. The zero-order chi connectivity index (χ0) is 45.6. The highest BCUT2D eigenvalue weighted by molar-refractivity contribution is 6.10. The van der Waals surface area contributed by atoms with Crippen molar-refractivity contribution in [2.45, 2.75) is 46.5 Å². The Morgan fingerprint density at radius 1 is 0.552 bits per heavy atom. The first-order valence-electron chi connectivity index (χ1n) is 23.3. The van der Waals surface area contributed by atoms with Crippen LogP contribution in [0, 0.1) is 12.2 Å². The van der Waals surface area contributed by atoms with Crippen LogP contribution >= 0.6 is 0 Å². The first-order chi connectivity index (χ1) is 32.7. The van der Waals surface area contributed by atoms with Gasteiger partial charge in [0.25, 0.3) is 6.33 Å². The Hall–Kier alpha value is -8.02. The molecule has 11 aromatic rings. The fourth-order valence-electron chi connectivity index (χ4n) is 9.60. The standard InChI is InChI=1S/C62H52N4O/c1-42(2)35-46-36-60(63-40-55(46)45-23-13-8-14-24-45)66-56-34-31-47(62(3,4)5)37-54(56)53-33-32-50(39-59(53)66)67-49-26-17-25-48(38-49)64-41-65(58-30-16-15-29-57(58)64)61-51(43-19-9-6-10-20-43)27-18-28-52(61)44-21-11-7-12-22-44/h6-34,36-40,42H,35H2,1-5H3. The molecule has 8 aromatic carbocycles. The highest BCUT2D eigenvalue weighted by Gasteiger charge is 2.22. The molecular weight excluding hydrogens is 817 g/mol. The molecule has 0 saturated carbocycles. The van der Waals surface area contributed by atoms with E-state index < -0.39 is 0 Å². The van der Waals surface area contributed by atoms with Crippen LogP contribution in [0.25, 0.3) is 83.4 Å². The molecule has 0 fully saturated rings. The van der Waals surface area contributed by atoms with Crippen molar-refractivity contribution < 1.29 is 9.30 Å². The van der Waals surface area contributed by atoms with E-state index >= 15 is 0 Å². The summed E-state index contributed by atoms with van der Waals surface area (Å²) >= 11 is 0. The van der Waals surface area contributed by atoms with Gasteiger partial charge in [0.2, 0.25) is 0 Å². The van der Waals surface area contributed by atoms with Gasteiger partial charge in [0.15, 0.2) is 0 Å². The molecule has 5 heteroatoms. The van der Waals surface area contributed by atoms with Gasteiger partial charge in [0.05, 0.1) is 33.4 Å². The Kier molecular flexibility index (Phi) is 10.6. The number of imidazole rings is 1. The van der Waals surface area contributed by atoms with Gasteiger partial charge in [0, 0.05) is 28.6 Å². The van der Waals surface area contributed by atoms with Gasteiger partial charge in [-0.3, -0.25) is 13.7 Å². The van der Waals surface area contributed by atoms with Gasteiger partial charge in [0.1, 0.15) is 17.3 Å². The van der Waals surface area contributed by atoms with Gasteiger partial charge in [-0.15, -0.1) is 0 Å². The largest absolute Gasteiger partial charge is 0.458 e. The van der Waals surface area contributed by atoms with E-state index in [1.165, 1.54) is 27.6 Å². The number of fused-ring (bicyclic) bond motifs is 4. The maximum Gasteiger partial charge on any atom is 0.269 e. The third-order valence-electron chi connectivity index (χ3n) is 12.8. The molecule has 5 nitrogen and oxygen atoms in total. The van der Waals surface area contributed by atoms with Crippen LogP contribution in [0.4, 0.5) is 0 Å². The van der Waals surface area contributed by atoms with Gasteiger partial charge >= 0.3 is 0 Å². The summed E-state index contributed by atoms with van der Waals surface area (Å²) < 4.78 is 13.5. The van der Waals surface area contributed by atoms with Crippen molar-refractivity contribution in [3.05, 3.63) is 224 Å². The summed E-state index contributed by atoms with van der Waals surface area (Å²) in [4.78, 5) is 5.20. The second-order valence-electron chi connectivity index (χ2n) is 19.0. The third-order valence-corrected chi connectivity index (χ3v) is 12.8. The van der Waals surface area contributed by atoms with Gasteiger partial charge in [-0.2, -0.15) is 0 Å². The van der Waals surface area contributed by atoms with Crippen LogP contribution in [0.15, 0.2) is 206 Å². The predicted molar refractivity (Wildman–Crippen MR) is 276 cm³/mol. The van der Waals surface area contributed by atoms with Crippen molar-refractivity contribution in [3.63, 3.8) is 0 Å². The summed E-state index contributed by atoms with van der Waals surface area (Å²) in [7, 11) is 0. The van der Waals surface area contributed by atoms with E-state index in [0.717, 1.165) is 84.8 Å². The number of pyridine rings is 1. The maximum absolute atomic E-state index is 6.86. The molecule has 0 N–H and O–H groups in total. The van der Waals surface area contributed by atoms with Crippen LogP contribution in [0.5, 0.6) is 11.5 Å². The average molecular weight is 869 g/mol. The average Bonchev–Trinajstić information content (AvgIpc) is 3.90. The molecule has 0 atom stereocenters. The molecule has 0 saturated heterocycles. The molecule has 3 aromatic heterocycles. The smallest absolute Gasteiger partial charge is 0.269 e. The lowest BCUT2D eigenvalue weighted by Gasteiger charge is -2.19. The summed E-state index contributed by atoms with van der Waals surface area (Å²) in [5.74, 6) is 2.84. The van der Waals surface area contributed by atoms with Crippen LogP contribution < -0.4 is 9.30 Å². The van der Waals surface area contributed by atoms with Gasteiger partial charge in [-0.1, -0.05) is 180 Å². The molecular formula is C62H52N4O. The summed E-state index contributed by atoms with van der Waals surface area (Å²) in [6.45, 7) is 11.4. The summed E-state index contributed by atoms with van der Waals surface area (Å²) in [6.07, 6.45) is 6.81. The number of hydrogen-bond acceptors (Lipinski definition) is 2. The molecule has 11 rings (SSSR count). The Morgan fingerprint density at radius 2 is 1.18 bits per heavy atom. The highest BCUT2D eigenvalue weighted by atomic mass is 16.5. The number of nitrogens with zero attached hydrogens (tertiary/aromatic N) is 4. The normalized spacial score (nSPS) is 11.9. The maximum atomic E-state index is 6.86. The number of rotatable bonds is 10. The molecule has 3 heterocycles. The quantitative estimate of drug-likeness (QED) is 0.101. The van der Waals surface area contributed by atoms with Crippen molar-refractivity contribution in [2.24, 2.45) is 5.92 Å². The number of ether oxygens (including phenoxy) is 1. The molecule has 0 aliphatic carbocycles. The lowest BCUT2D eigenvalue weighted by Crippen LogP contribution is -2.31. The topological polar surface area (TPSA) is 35.9 Å². The Labute approximate surface area is 392 Å². The molecule has 0 bridgehead atoms. The minimum Gasteiger partial charge on any atom is -0.458 e. The van der Waals surface area contributed by atoms with Crippen molar-refractivity contribution >= 4 is 32.8 Å². The molecule has 0 radical (unpaired) electrons. The second kappa shape index (κ2) is 17.1. The van der Waals surface area contributed by atoms with E-state index in [9.17, 15) is 0 Å². The van der Waals surface area contributed by atoms with Crippen LogP contribution in [0.3, 0.4) is 0 Å². The fourth-order valence-corrected chi connectivity index (χ4v) is 9.60.